The minimum atomic E-state index is -0.808. The molecule has 0 heterocycles. The van der Waals surface area contributed by atoms with Crippen LogP contribution < -0.4 is 11.1 Å². The zero-order valence-corrected chi connectivity index (χ0v) is 11.9. The molecule has 19 heavy (non-hydrogen) atoms. The van der Waals surface area contributed by atoms with Gasteiger partial charge in [-0.1, -0.05) is 20.3 Å². The van der Waals surface area contributed by atoms with Crippen molar-refractivity contribution in [3.05, 3.63) is 0 Å². The molecule has 0 aromatic heterocycles. The third kappa shape index (κ3) is 5.59. The highest BCUT2D eigenvalue weighted by molar-refractivity contribution is 5.79. The number of nitrogens with one attached hydrogen (secondary N) is 1. The Bertz CT molecular complexity index is 318. The van der Waals surface area contributed by atoms with Crippen LogP contribution in [0.15, 0.2) is 0 Å². The van der Waals surface area contributed by atoms with Crippen molar-refractivity contribution in [2.45, 2.75) is 52.0 Å². The molecule has 5 nitrogen and oxygen atoms in total. The van der Waals surface area contributed by atoms with Crippen LogP contribution in [-0.4, -0.2) is 29.6 Å². The van der Waals surface area contributed by atoms with Gasteiger partial charge in [0.05, 0.1) is 5.92 Å². The minimum absolute atomic E-state index is 0.000854. The lowest BCUT2D eigenvalue weighted by Gasteiger charge is -2.20. The monoisotopic (exact) mass is 270 g/mol. The maximum absolute atomic E-state index is 12.0. The van der Waals surface area contributed by atoms with Crippen molar-refractivity contribution in [3.8, 4) is 0 Å². The van der Waals surface area contributed by atoms with Crippen LogP contribution in [0.25, 0.3) is 0 Å². The van der Waals surface area contributed by atoms with Crippen molar-refractivity contribution in [1.82, 2.24) is 5.32 Å². The summed E-state index contributed by atoms with van der Waals surface area (Å²) in [6.07, 6.45) is 3.67. The summed E-state index contributed by atoms with van der Waals surface area (Å²) in [7, 11) is 0. The predicted molar refractivity (Wildman–Crippen MR) is 73.5 cm³/mol. The molecule has 0 aromatic carbocycles. The van der Waals surface area contributed by atoms with Crippen LogP contribution in [0.2, 0.25) is 0 Å². The van der Waals surface area contributed by atoms with E-state index >= 15 is 0 Å². The second kappa shape index (κ2) is 7.48. The summed E-state index contributed by atoms with van der Waals surface area (Å²) in [6, 6.07) is -0.0389. The first-order valence-corrected chi connectivity index (χ1v) is 7.15. The highest BCUT2D eigenvalue weighted by atomic mass is 16.4. The number of carbonyl (C=O) groups excluding carboxylic acids is 1. The molecule has 1 aliphatic rings. The fraction of sp³-hybridized carbons (Fsp3) is 0.857. The lowest BCUT2D eigenvalue weighted by atomic mass is 9.93. The van der Waals surface area contributed by atoms with Gasteiger partial charge in [0.1, 0.15) is 0 Å². The van der Waals surface area contributed by atoms with Crippen molar-refractivity contribution in [2.24, 2.45) is 23.5 Å². The van der Waals surface area contributed by atoms with Gasteiger partial charge >= 0.3 is 5.97 Å². The van der Waals surface area contributed by atoms with Gasteiger partial charge in [0, 0.05) is 19.0 Å². The molecule has 0 aromatic rings. The maximum Gasteiger partial charge on any atom is 0.303 e. The van der Waals surface area contributed by atoms with E-state index in [-0.39, 0.29) is 30.2 Å². The van der Waals surface area contributed by atoms with Crippen LogP contribution in [0.1, 0.15) is 46.0 Å². The molecule has 1 fully saturated rings. The van der Waals surface area contributed by atoms with Crippen LogP contribution in [0, 0.1) is 17.8 Å². The van der Waals surface area contributed by atoms with E-state index in [1.807, 2.05) is 0 Å². The lowest BCUT2D eigenvalue weighted by Crippen LogP contribution is -2.40. The summed E-state index contributed by atoms with van der Waals surface area (Å²) in [5.41, 5.74) is 5.89. The van der Waals surface area contributed by atoms with E-state index in [1.165, 1.54) is 0 Å². The van der Waals surface area contributed by atoms with Gasteiger partial charge in [-0.25, -0.2) is 0 Å². The molecule has 4 N–H and O–H groups in total. The first-order valence-electron chi connectivity index (χ1n) is 7.15. The van der Waals surface area contributed by atoms with Gasteiger partial charge in [-0.3, -0.25) is 9.59 Å². The molecule has 0 radical (unpaired) electrons. The topological polar surface area (TPSA) is 92.4 Å². The number of rotatable bonds is 7. The van der Waals surface area contributed by atoms with Gasteiger partial charge in [-0.2, -0.15) is 0 Å². The van der Waals surface area contributed by atoms with E-state index in [1.54, 1.807) is 0 Å². The quantitative estimate of drug-likeness (QED) is 0.651. The number of hydrogen-bond donors (Lipinski definition) is 3. The van der Waals surface area contributed by atoms with Gasteiger partial charge in [-0.15, -0.1) is 0 Å². The molecule has 3 unspecified atom stereocenters. The van der Waals surface area contributed by atoms with Gasteiger partial charge in [0.25, 0.3) is 0 Å². The van der Waals surface area contributed by atoms with E-state index in [4.69, 9.17) is 10.8 Å². The van der Waals surface area contributed by atoms with Crippen LogP contribution in [-0.2, 0) is 9.59 Å². The third-order valence-electron chi connectivity index (χ3n) is 3.74. The summed E-state index contributed by atoms with van der Waals surface area (Å²) in [5, 5.41) is 11.8. The summed E-state index contributed by atoms with van der Waals surface area (Å²) in [5.74, 6) is -0.486. The summed E-state index contributed by atoms with van der Waals surface area (Å²) in [4.78, 5) is 22.8. The predicted octanol–water partition coefficient (Wildman–Crippen LogP) is 1.37. The van der Waals surface area contributed by atoms with Crippen LogP contribution in [0.3, 0.4) is 0 Å². The van der Waals surface area contributed by atoms with Crippen LogP contribution in [0.5, 0.6) is 0 Å². The first-order chi connectivity index (χ1) is 8.90. The average Bonchev–Trinajstić information content (AvgIpc) is 2.70. The fourth-order valence-corrected chi connectivity index (χ4v) is 2.84. The van der Waals surface area contributed by atoms with Crippen molar-refractivity contribution in [2.75, 3.05) is 6.54 Å². The third-order valence-corrected chi connectivity index (χ3v) is 3.74. The smallest absolute Gasteiger partial charge is 0.303 e. The summed E-state index contributed by atoms with van der Waals surface area (Å²) in [6.45, 7) is 4.56. The Balaban J connectivity index is 2.41. The molecule has 1 saturated carbocycles. The van der Waals surface area contributed by atoms with E-state index in [9.17, 15) is 9.59 Å². The number of aliphatic carboxylic acids is 1. The Labute approximate surface area is 114 Å². The number of carboxylic acid groups (broad SMARTS) is 1. The Kier molecular flexibility index (Phi) is 6.28. The first kappa shape index (κ1) is 16.0. The Morgan fingerprint density at radius 3 is 2.53 bits per heavy atom. The van der Waals surface area contributed by atoms with E-state index in [2.05, 4.69) is 19.2 Å². The number of nitrogens with two attached hydrogens (primary N) is 1. The fourth-order valence-electron chi connectivity index (χ4n) is 2.84. The zero-order valence-electron chi connectivity index (χ0n) is 11.9. The second-order valence-electron chi connectivity index (χ2n) is 6.04. The number of carboxylic acids is 1. The lowest BCUT2D eigenvalue weighted by molar-refractivity contribution is -0.138. The SMILES string of the molecule is CC(C)CC(CNC(=O)C1CCCC1N)CC(=O)O. The molecule has 3 atom stereocenters. The van der Waals surface area contributed by atoms with E-state index in [0.717, 1.165) is 25.7 Å². The highest BCUT2D eigenvalue weighted by Gasteiger charge is 2.30. The summed E-state index contributed by atoms with van der Waals surface area (Å²) < 4.78 is 0. The Hall–Kier alpha value is -1.10. The van der Waals surface area contributed by atoms with Gasteiger partial charge in [0.15, 0.2) is 0 Å². The second-order valence-corrected chi connectivity index (χ2v) is 6.04. The molecule has 110 valence electrons. The molecule has 1 rings (SSSR count). The number of hydrogen-bond acceptors (Lipinski definition) is 3. The van der Waals surface area contributed by atoms with Gasteiger partial charge in [-0.05, 0) is 31.1 Å². The average molecular weight is 270 g/mol. The Morgan fingerprint density at radius 1 is 1.37 bits per heavy atom. The minimum Gasteiger partial charge on any atom is -0.481 e. The van der Waals surface area contributed by atoms with Gasteiger partial charge < -0.3 is 16.2 Å². The molecular weight excluding hydrogens is 244 g/mol. The molecule has 1 aliphatic carbocycles. The van der Waals surface area contributed by atoms with E-state index < -0.39 is 5.97 Å². The standard InChI is InChI=1S/C14H26N2O3/c1-9(2)6-10(7-13(17)18)8-16-14(19)11-4-3-5-12(11)15/h9-12H,3-8,15H2,1-2H3,(H,16,19)(H,17,18). The molecule has 0 bridgehead atoms. The van der Waals surface area contributed by atoms with Crippen molar-refractivity contribution in [1.29, 1.82) is 0 Å². The van der Waals surface area contributed by atoms with Crippen molar-refractivity contribution < 1.29 is 14.7 Å². The maximum atomic E-state index is 12.0. The molecule has 0 saturated heterocycles. The normalized spacial score (nSPS) is 24.4. The highest BCUT2D eigenvalue weighted by Crippen LogP contribution is 2.24. The zero-order chi connectivity index (χ0) is 14.4. The molecule has 5 heteroatoms. The van der Waals surface area contributed by atoms with Crippen LogP contribution in [0.4, 0.5) is 0 Å². The number of carbonyl (C=O) groups is 2. The Morgan fingerprint density at radius 2 is 2.05 bits per heavy atom. The van der Waals surface area contributed by atoms with Gasteiger partial charge in [0.2, 0.25) is 5.91 Å². The molecule has 1 amide bonds. The van der Waals surface area contributed by atoms with Crippen molar-refractivity contribution in [3.63, 3.8) is 0 Å². The number of amides is 1. The summed E-state index contributed by atoms with van der Waals surface area (Å²) >= 11 is 0. The molecule has 0 aliphatic heterocycles. The largest absolute Gasteiger partial charge is 0.481 e. The van der Waals surface area contributed by atoms with Crippen LogP contribution >= 0.6 is 0 Å². The molecular formula is C14H26N2O3. The van der Waals surface area contributed by atoms with Crippen molar-refractivity contribution >= 4 is 11.9 Å². The molecule has 0 spiro atoms. The van der Waals surface area contributed by atoms with E-state index in [0.29, 0.717) is 12.5 Å².